The fourth-order valence-corrected chi connectivity index (χ4v) is 6.49. The van der Waals surface area contributed by atoms with Crippen LogP contribution in [0.4, 0.5) is 11.5 Å². The quantitative estimate of drug-likeness (QED) is 0.253. The predicted octanol–water partition coefficient (Wildman–Crippen LogP) is 3.32. The number of aryl methyl sites for hydroxylation is 1. The average Bonchev–Trinajstić information content (AvgIpc) is 3.80. The number of nitrogens with zero attached hydrogens (tertiary/aromatic N) is 6. The molecule has 4 aromatic rings. The van der Waals surface area contributed by atoms with Crippen molar-refractivity contribution in [2.45, 2.75) is 57.6 Å². The molecule has 1 N–H and O–H groups in total. The van der Waals surface area contributed by atoms with E-state index >= 15 is 0 Å². The lowest BCUT2D eigenvalue weighted by Crippen LogP contribution is -2.68. The number of rotatable bonds is 4. The number of carbonyl (C=O) groups is 1. The molecular formula is C37H42N6O6. The van der Waals surface area contributed by atoms with Gasteiger partial charge in [0, 0.05) is 61.0 Å². The maximum atomic E-state index is 8.36. The first kappa shape index (κ1) is 33.9. The Morgan fingerprint density at radius 2 is 1.88 bits per heavy atom. The number of pyridine rings is 2. The molecule has 7 heterocycles. The van der Waals surface area contributed by atoms with Crippen molar-refractivity contribution in [2.75, 3.05) is 56.4 Å². The van der Waals surface area contributed by atoms with Crippen LogP contribution in [0, 0.1) is 11.8 Å². The van der Waals surface area contributed by atoms with Gasteiger partial charge in [0.25, 0.3) is 6.47 Å². The van der Waals surface area contributed by atoms with Crippen LogP contribution < -0.4 is 25.2 Å². The summed E-state index contributed by atoms with van der Waals surface area (Å²) in [5.74, 6) is 8.80. The third-order valence-electron chi connectivity index (χ3n) is 9.18. The molecule has 1 unspecified atom stereocenters. The number of furan rings is 1. The minimum absolute atomic E-state index is 0.169. The minimum Gasteiger partial charge on any atom is -0.483 e. The molecule has 8 rings (SSSR count). The molecule has 1 spiro atoms. The van der Waals surface area contributed by atoms with Gasteiger partial charge in [0.1, 0.15) is 28.0 Å². The molecule has 3 aliphatic heterocycles. The van der Waals surface area contributed by atoms with E-state index in [4.69, 9.17) is 38.5 Å². The fraction of sp³-hybridized carbons (Fsp3) is 0.432. The monoisotopic (exact) mass is 666 g/mol. The van der Waals surface area contributed by atoms with E-state index in [2.05, 4.69) is 57.6 Å². The van der Waals surface area contributed by atoms with Crippen molar-refractivity contribution in [3.05, 3.63) is 64.4 Å². The molecule has 4 aliphatic rings. The zero-order valence-electron chi connectivity index (χ0n) is 28.2. The van der Waals surface area contributed by atoms with Crippen LogP contribution in [0.5, 0.6) is 5.88 Å². The van der Waals surface area contributed by atoms with Crippen molar-refractivity contribution in [2.24, 2.45) is 0 Å². The Labute approximate surface area is 285 Å². The lowest BCUT2D eigenvalue weighted by Gasteiger charge is -2.53. The summed E-state index contributed by atoms with van der Waals surface area (Å²) in [7, 11) is 1.64. The second-order valence-corrected chi connectivity index (χ2v) is 12.2. The van der Waals surface area contributed by atoms with Gasteiger partial charge in [-0.3, -0.25) is 9.78 Å². The molecule has 12 nitrogen and oxygen atoms in total. The summed E-state index contributed by atoms with van der Waals surface area (Å²) in [6, 6.07) is 6.01. The van der Waals surface area contributed by atoms with Crippen LogP contribution in [-0.4, -0.2) is 89.7 Å². The van der Waals surface area contributed by atoms with Gasteiger partial charge < -0.3 is 33.5 Å². The second kappa shape index (κ2) is 15.5. The van der Waals surface area contributed by atoms with E-state index in [-0.39, 0.29) is 18.1 Å². The van der Waals surface area contributed by atoms with Gasteiger partial charge in [-0.2, -0.15) is 0 Å². The Morgan fingerprint density at radius 1 is 1.10 bits per heavy atom. The van der Waals surface area contributed by atoms with E-state index in [9.17, 15) is 0 Å². The van der Waals surface area contributed by atoms with Crippen molar-refractivity contribution in [1.82, 2.24) is 19.9 Å². The molecular weight excluding hydrogens is 624 g/mol. The maximum Gasteiger partial charge on any atom is 0.290 e. The molecule has 0 bridgehead atoms. The predicted molar refractivity (Wildman–Crippen MR) is 186 cm³/mol. The van der Waals surface area contributed by atoms with Gasteiger partial charge in [-0.25, -0.2) is 15.0 Å². The van der Waals surface area contributed by atoms with Crippen LogP contribution in [0.15, 0.2) is 41.2 Å². The Bertz CT molecular complexity index is 1940. The highest BCUT2D eigenvalue weighted by atomic mass is 16.6. The molecule has 0 aromatic carbocycles. The lowest BCUT2D eigenvalue weighted by atomic mass is 9.90. The molecule has 3 saturated heterocycles. The Morgan fingerprint density at radius 3 is 2.57 bits per heavy atom. The van der Waals surface area contributed by atoms with Crippen LogP contribution in [0.3, 0.4) is 0 Å². The first-order valence-corrected chi connectivity index (χ1v) is 16.8. The number of anilines is 2. The topological polar surface area (TPSA) is 136 Å². The molecule has 1 atom stereocenters. The smallest absolute Gasteiger partial charge is 0.290 e. The fourth-order valence-electron chi connectivity index (χ4n) is 6.49. The summed E-state index contributed by atoms with van der Waals surface area (Å²) in [6.45, 7) is 8.86. The van der Waals surface area contributed by atoms with E-state index in [0.717, 1.165) is 83.9 Å². The summed E-state index contributed by atoms with van der Waals surface area (Å²) in [5.41, 5.74) is 5.27. The number of hydrogen-bond acceptors (Lipinski definition) is 11. The summed E-state index contributed by atoms with van der Waals surface area (Å²) in [6.07, 6.45) is 15.1. The van der Waals surface area contributed by atoms with Crippen LogP contribution in [-0.2, 0) is 20.7 Å². The molecule has 0 radical (unpaired) electrons. The van der Waals surface area contributed by atoms with Crippen molar-refractivity contribution in [3.63, 3.8) is 0 Å². The Hall–Kier alpha value is -4.99. The zero-order chi connectivity index (χ0) is 34.2. The Kier molecular flexibility index (Phi) is 10.7. The summed E-state index contributed by atoms with van der Waals surface area (Å²) >= 11 is 0. The average molecular weight is 667 g/mol. The number of methoxy groups -OCH3 is 1. The highest BCUT2D eigenvalue weighted by molar-refractivity contribution is 5.85. The second-order valence-electron chi connectivity index (χ2n) is 12.2. The number of fused-ring (bicyclic) bond motifs is 3. The van der Waals surface area contributed by atoms with E-state index < -0.39 is 0 Å². The SMILES string of the molecule is CCc1nc(N2CCCC2)c2oc3c(c2n1)=CCCC=3.COc1ncc(C#Cc2cccnc2)cc1N1CCOC2(COC2)C1C.O=CO. The van der Waals surface area contributed by atoms with Gasteiger partial charge in [0.2, 0.25) is 5.88 Å². The molecule has 0 amide bonds. The van der Waals surface area contributed by atoms with Crippen LogP contribution >= 0.6 is 0 Å². The summed E-state index contributed by atoms with van der Waals surface area (Å²) in [4.78, 5) is 31.0. The highest BCUT2D eigenvalue weighted by Gasteiger charge is 2.50. The van der Waals surface area contributed by atoms with Crippen LogP contribution in [0.25, 0.3) is 23.3 Å². The van der Waals surface area contributed by atoms with E-state index in [1.807, 2.05) is 18.2 Å². The molecule has 4 aromatic heterocycles. The summed E-state index contributed by atoms with van der Waals surface area (Å²) < 4.78 is 23.0. The molecule has 0 saturated carbocycles. The van der Waals surface area contributed by atoms with Gasteiger partial charge in [-0.05, 0) is 56.9 Å². The van der Waals surface area contributed by atoms with E-state index in [0.29, 0.717) is 25.7 Å². The Balaban J connectivity index is 0.000000162. The van der Waals surface area contributed by atoms with E-state index in [1.54, 1.807) is 25.7 Å². The van der Waals surface area contributed by atoms with Crippen molar-refractivity contribution >= 4 is 41.2 Å². The first-order valence-electron chi connectivity index (χ1n) is 16.8. The van der Waals surface area contributed by atoms with Gasteiger partial charge in [0.15, 0.2) is 11.4 Å². The minimum atomic E-state index is -0.250. The zero-order valence-corrected chi connectivity index (χ0v) is 28.2. The number of carboxylic acid groups (broad SMARTS) is 1. The first-order chi connectivity index (χ1) is 24.0. The third kappa shape index (κ3) is 7.23. The van der Waals surface area contributed by atoms with Gasteiger partial charge in [0.05, 0.1) is 33.0 Å². The number of hydrogen-bond donors (Lipinski definition) is 1. The molecule has 1 aliphatic carbocycles. The van der Waals surface area contributed by atoms with Gasteiger partial charge in [-0.15, -0.1) is 0 Å². The summed E-state index contributed by atoms with van der Waals surface area (Å²) in [5, 5.41) is 8.06. The van der Waals surface area contributed by atoms with Crippen molar-refractivity contribution in [3.8, 4) is 17.7 Å². The normalized spacial score (nSPS) is 18.6. The van der Waals surface area contributed by atoms with Gasteiger partial charge >= 0.3 is 0 Å². The van der Waals surface area contributed by atoms with Crippen LogP contribution in [0.2, 0.25) is 0 Å². The van der Waals surface area contributed by atoms with Crippen molar-refractivity contribution in [1.29, 1.82) is 0 Å². The van der Waals surface area contributed by atoms with Crippen molar-refractivity contribution < 1.29 is 28.5 Å². The largest absolute Gasteiger partial charge is 0.483 e. The molecule has 12 heteroatoms. The third-order valence-corrected chi connectivity index (χ3v) is 9.18. The number of morpholine rings is 1. The lowest BCUT2D eigenvalue weighted by molar-refractivity contribution is -0.228. The van der Waals surface area contributed by atoms with E-state index in [1.165, 1.54) is 18.1 Å². The number of ether oxygens (including phenoxy) is 3. The van der Waals surface area contributed by atoms with Crippen LogP contribution in [0.1, 0.15) is 56.5 Å². The molecule has 49 heavy (non-hydrogen) atoms. The van der Waals surface area contributed by atoms with Gasteiger partial charge in [-0.1, -0.05) is 24.8 Å². The number of aromatic nitrogens is 4. The molecule has 256 valence electrons. The maximum absolute atomic E-state index is 8.36. The standard InChI is InChI=1S/C20H21N3O3.C16H19N3O.CH2O2/c1-15-20(13-25-14-20)26-9-8-23(15)18-10-17(12-22-19(18)24-2)6-5-16-4-3-7-21-11-16;1-2-13-17-14-11-7-3-4-8-12(11)20-15(14)16(18-13)19-9-5-6-10-19;2-1-3/h3-4,7,10-12,15H,8-9,13-14H2,1-2H3;7-8H,2-6,9-10H2,1H3;1H,(H,2,3). The molecule has 3 fully saturated rings. The highest BCUT2D eigenvalue weighted by Crippen LogP contribution is 2.38.